The fraction of sp³-hybridized carbons (Fsp3) is 0.818. The van der Waals surface area contributed by atoms with Gasteiger partial charge in [-0.25, -0.2) is 0 Å². The maximum Gasteiger partial charge on any atom is 0.0606 e. The van der Waals surface area contributed by atoms with Gasteiger partial charge in [-0.3, -0.25) is 0 Å². The molecule has 4 nitrogen and oxygen atoms in total. The van der Waals surface area contributed by atoms with Crippen LogP contribution in [0.3, 0.4) is 0 Å². The Morgan fingerprint density at radius 3 is 2.27 bits per heavy atom. The summed E-state index contributed by atoms with van der Waals surface area (Å²) in [5.41, 5.74) is 0. The van der Waals surface area contributed by atoms with E-state index in [-0.39, 0.29) is 13.2 Å². The van der Waals surface area contributed by atoms with E-state index in [9.17, 15) is 0 Å². The SMILES string of the molecule is CC(C)CNC/C=C/N(CCO)CCO. The third-order valence-electron chi connectivity index (χ3n) is 1.91. The summed E-state index contributed by atoms with van der Waals surface area (Å²) in [6, 6.07) is 0. The monoisotopic (exact) mass is 216 g/mol. The van der Waals surface area contributed by atoms with Gasteiger partial charge in [0.2, 0.25) is 0 Å². The molecule has 0 aliphatic rings. The van der Waals surface area contributed by atoms with Crippen LogP contribution >= 0.6 is 0 Å². The molecule has 0 amide bonds. The molecule has 0 bridgehead atoms. The van der Waals surface area contributed by atoms with Crippen LogP contribution in [0.4, 0.5) is 0 Å². The molecule has 4 heteroatoms. The molecular weight excluding hydrogens is 192 g/mol. The molecule has 0 aliphatic carbocycles. The molecule has 15 heavy (non-hydrogen) atoms. The number of hydrogen-bond acceptors (Lipinski definition) is 4. The zero-order chi connectivity index (χ0) is 11.5. The van der Waals surface area contributed by atoms with Gasteiger partial charge in [0.15, 0.2) is 0 Å². The predicted molar refractivity (Wildman–Crippen MR) is 62.6 cm³/mol. The molecule has 90 valence electrons. The van der Waals surface area contributed by atoms with Gasteiger partial charge in [-0.05, 0) is 18.7 Å². The Hall–Kier alpha value is -0.580. The second-order valence-corrected chi connectivity index (χ2v) is 3.92. The Balaban J connectivity index is 3.59. The van der Waals surface area contributed by atoms with E-state index >= 15 is 0 Å². The van der Waals surface area contributed by atoms with Crippen molar-refractivity contribution in [2.75, 3.05) is 39.4 Å². The van der Waals surface area contributed by atoms with Crippen LogP contribution < -0.4 is 5.32 Å². The highest BCUT2D eigenvalue weighted by Gasteiger charge is 1.95. The summed E-state index contributed by atoms with van der Waals surface area (Å²) >= 11 is 0. The molecule has 0 unspecified atom stereocenters. The van der Waals surface area contributed by atoms with Gasteiger partial charge >= 0.3 is 0 Å². The summed E-state index contributed by atoms with van der Waals surface area (Å²) < 4.78 is 0. The summed E-state index contributed by atoms with van der Waals surface area (Å²) in [6.07, 6.45) is 3.92. The van der Waals surface area contributed by atoms with Crippen molar-refractivity contribution in [2.45, 2.75) is 13.8 Å². The van der Waals surface area contributed by atoms with Gasteiger partial charge in [-0.2, -0.15) is 0 Å². The maximum absolute atomic E-state index is 8.77. The van der Waals surface area contributed by atoms with Gasteiger partial charge in [-0.15, -0.1) is 0 Å². The second kappa shape index (κ2) is 9.96. The number of hydrogen-bond donors (Lipinski definition) is 3. The quantitative estimate of drug-likeness (QED) is 0.476. The normalized spacial score (nSPS) is 11.5. The fourth-order valence-corrected chi connectivity index (χ4v) is 1.17. The zero-order valence-electron chi connectivity index (χ0n) is 9.82. The van der Waals surface area contributed by atoms with Gasteiger partial charge < -0.3 is 20.4 Å². The molecule has 0 saturated carbocycles. The number of rotatable bonds is 9. The maximum atomic E-state index is 8.77. The van der Waals surface area contributed by atoms with E-state index < -0.39 is 0 Å². The summed E-state index contributed by atoms with van der Waals surface area (Å²) in [4.78, 5) is 1.90. The third kappa shape index (κ3) is 9.72. The average Bonchev–Trinajstić information content (AvgIpc) is 2.17. The Bertz CT molecular complexity index is 155. The van der Waals surface area contributed by atoms with Crippen LogP contribution in [-0.2, 0) is 0 Å². The van der Waals surface area contributed by atoms with Crippen LogP contribution in [-0.4, -0.2) is 54.5 Å². The second-order valence-electron chi connectivity index (χ2n) is 3.92. The van der Waals surface area contributed by atoms with Crippen molar-refractivity contribution in [1.29, 1.82) is 0 Å². The topological polar surface area (TPSA) is 55.7 Å². The number of aliphatic hydroxyl groups excluding tert-OH is 2. The first-order chi connectivity index (χ1) is 7.20. The van der Waals surface area contributed by atoms with Crippen LogP contribution in [0.2, 0.25) is 0 Å². The lowest BCUT2D eigenvalue weighted by Gasteiger charge is -2.17. The van der Waals surface area contributed by atoms with Crippen LogP contribution in [0, 0.1) is 5.92 Å². The molecule has 0 atom stereocenters. The molecule has 0 aromatic rings. The average molecular weight is 216 g/mol. The zero-order valence-corrected chi connectivity index (χ0v) is 9.82. The van der Waals surface area contributed by atoms with E-state index in [1.54, 1.807) is 0 Å². The van der Waals surface area contributed by atoms with Gasteiger partial charge in [0, 0.05) is 19.6 Å². The summed E-state index contributed by atoms with van der Waals surface area (Å²) in [5, 5.41) is 20.8. The number of nitrogens with zero attached hydrogens (tertiary/aromatic N) is 1. The van der Waals surface area contributed by atoms with Crippen LogP contribution in [0.15, 0.2) is 12.3 Å². The smallest absolute Gasteiger partial charge is 0.0606 e. The minimum atomic E-state index is 0.115. The van der Waals surface area contributed by atoms with E-state index in [0.29, 0.717) is 19.0 Å². The van der Waals surface area contributed by atoms with E-state index in [2.05, 4.69) is 19.2 Å². The van der Waals surface area contributed by atoms with Crippen LogP contribution in [0.5, 0.6) is 0 Å². The van der Waals surface area contributed by atoms with Gasteiger partial charge in [0.05, 0.1) is 13.2 Å². The minimum absolute atomic E-state index is 0.115. The summed E-state index contributed by atoms with van der Waals surface area (Å²) in [6.45, 7) is 7.53. The number of aliphatic hydroxyl groups is 2. The van der Waals surface area contributed by atoms with E-state index in [1.807, 2.05) is 17.2 Å². The molecule has 0 fully saturated rings. The molecular formula is C11H24N2O2. The van der Waals surface area contributed by atoms with Crippen molar-refractivity contribution < 1.29 is 10.2 Å². The standard InChI is InChI=1S/C11H24N2O2/c1-11(2)10-12-4-3-5-13(6-8-14)7-9-15/h3,5,11-12,14-15H,4,6-10H2,1-2H3/b5-3+. The molecule has 0 radical (unpaired) electrons. The third-order valence-corrected chi connectivity index (χ3v) is 1.91. The molecule has 0 saturated heterocycles. The van der Waals surface area contributed by atoms with Crippen molar-refractivity contribution >= 4 is 0 Å². The van der Waals surface area contributed by atoms with Crippen molar-refractivity contribution in [3.63, 3.8) is 0 Å². The lowest BCUT2D eigenvalue weighted by Crippen LogP contribution is -2.25. The molecule has 0 aromatic carbocycles. The lowest BCUT2D eigenvalue weighted by molar-refractivity contribution is 0.198. The first-order valence-corrected chi connectivity index (χ1v) is 5.53. The largest absolute Gasteiger partial charge is 0.395 e. The van der Waals surface area contributed by atoms with E-state index in [0.717, 1.165) is 13.1 Å². The van der Waals surface area contributed by atoms with Crippen LogP contribution in [0.1, 0.15) is 13.8 Å². The fourth-order valence-electron chi connectivity index (χ4n) is 1.17. The highest BCUT2D eigenvalue weighted by atomic mass is 16.3. The molecule has 0 aromatic heterocycles. The molecule has 0 aliphatic heterocycles. The number of nitrogens with one attached hydrogen (secondary N) is 1. The molecule has 0 heterocycles. The van der Waals surface area contributed by atoms with Gasteiger partial charge in [0.25, 0.3) is 0 Å². The highest BCUT2D eigenvalue weighted by molar-refractivity contribution is 4.84. The molecule has 0 spiro atoms. The Kier molecular flexibility index (Phi) is 9.57. The summed E-state index contributed by atoms with van der Waals surface area (Å²) in [7, 11) is 0. The lowest BCUT2D eigenvalue weighted by atomic mass is 10.2. The Labute approximate surface area is 92.6 Å². The van der Waals surface area contributed by atoms with E-state index in [4.69, 9.17) is 10.2 Å². The molecule has 0 rings (SSSR count). The van der Waals surface area contributed by atoms with Gasteiger partial charge in [0.1, 0.15) is 0 Å². The minimum Gasteiger partial charge on any atom is -0.395 e. The van der Waals surface area contributed by atoms with Crippen molar-refractivity contribution in [3.05, 3.63) is 12.3 Å². The Morgan fingerprint density at radius 1 is 1.20 bits per heavy atom. The van der Waals surface area contributed by atoms with Crippen molar-refractivity contribution in [2.24, 2.45) is 5.92 Å². The van der Waals surface area contributed by atoms with Crippen molar-refractivity contribution in [1.82, 2.24) is 10.2 Å². The van der Waals surface area contributed by atoms with Gasteiger partial charge in [-0.1, -0.05) is 19.9 Å². The predicted octanol–water partition coefficient (Wildman–Crippen LogP) is 0.0323. The Morgan fingerprint density at radius 2 is 1.80 bits per heavy atom. The highest BCUT2D eigenvalue weighted by Crippen LogP contribution is 1.89. The van der Waals surface area contributed by atoms with E-state index in [1.165, 1.54) is 0 Å². The van der Waals surface area contributed by atoms with Crippen molar-refractivity contribution in [3.8, 4) is 0 Å². The van der Waals surface area contributed by atoms with Crippen LogP contribution in [0.25, 0.3) is 0 Å². The first kappa shape index (κ1) is 14.4. The summed E-state index contributed by atoms with van der Waals surface area (Å²) in [5.74, 6) is 0.657. The molecule has 3 N–H and O–H groups in total. The first-order valence-electron chi connectivity index (χ1n) is 5.53.